The maximum Gasteiger partial charge on any atom is 0.237 e. The molecule has 2 N–H and O–H groups in total. The molecular formula is C17H31N3O3S. The van der Waals surface area contributed by atoms with Crippen LogP contribution in [0.15, 0.2) is 0 Å². The zero-order valence-electron chi connectivity index (χ0n) is 14.7. The van der Waals surface area contributed by atoms with Gasteiger partial charge in [0, 0.05) is 18.6 Å². The number of amides is 1. The molecule has 2 heterocycles. The smallest absolute Gasteiger partial charge is 0.237 e. The average molecular weight is 358 g/mol. The summed E-state index contributed by atoms with van der Waals surface area (Å²) in [7, 11) is -2.98. The van der Waals surface area contributed by atoms with E-state index in [9.17, 15) is 13.2 Å². The van der Waals surface area contributed by atoms with Crippen LogP contribution in [0.3, 0.4) is 0 Å². The van der Waals surface area contributed by atoms with Crippen LogP contribution in [0.2, 0.25) is 0 Å². The first-order valence-electron chi connectivity index (χ1n) is 9.26. The highest BCUT2D eigenvalue weighted by atomic mass is 32.2. The highest BCUT2D eigenvalue weighted by molar-refractivity contribution is 7.91. The van der Waals surface area contributed by atoms with Gasteiger partial charge in [-0.1, -0.05) is 19.8 Å². The van der Waals surface area contributed by atoms with Crippen molar-refractivity contribution in [2.24, 2.45) is 11.1 Å². The second-order valence-corrected chi connectivity index (χ2v) is 10.5. The van der Waals surface area contributed by atoms with Gasteiger partial charge in [-0.3, -0.25) is 9.69 Å². The number of hydrogen-bond donors (Lipinski definition) is 1. The van der Waals surface area contributed by atoms with Gasteiger partial charge in [-0.15, -0.1) is 0 Å². The molecule has 3 fully saturated rings. The Morgan fingerprint density at radius 3 is 2.50 bits per heavy atom. The summed E-state index contributed by atoms with van der Waals surface area (Å²) in [4.78, 5) is 17.2. The number of rotatable bonds is 5. The Hall–Kier alpha value is -0.660. The van der Waals surface area contributed by atoms with Crippen molar-refractivity contribution in [2.75, 3.05) is 37.7 Å². The van der Waals surface area contributed by atoms with Gasteiger partial charge < -0.3 is 10.6 Å². The van der Waals surface area contributed by atoms with Gasteiger partial charge in [0.25, 0.3) is 0 Å². The summed E-state index contributed by atoms with van der Waals surface area (Å²) in [5.41, 5.74) is 5.97. The van der Waals surface area contributed by atoms with E-state index in [2.05, 4.69) is 11.8 Å². The molecule has 6 nitrogen and oxygen atoms in total. The molecule has 3 rings (SSSR count). The first-order chi connectivity index (χ1) is 11.3. The molecule has 24 heavy (non-hydrogen) atoms. The van der Waals surface area contributed by atoms with E-state index in [4.69, 9.17) is 5.73 Å². The Morgan fingerprint density at radius 2 is 1.96 bits per heavy atom. The van der Waals surface area contributed by atoms with Crippen molar-refractivity contribution in [1.29, 1.82) is 0 Å². The molecule has 1 amide bonds. The van der Waals surface area contributed by atoms with Crippen LogP contribution < -0.4 is 5.73 Å². The monoisotopic (exact) mass is 357 g/mol. The molecule has 0 radical (unpaired) electrons. The van der Waals surface area contributed by atoms with Crippen molar-refractivity contribution < 1.29 is 13.2 Å². The zero-order valence-corrected chi connectivity index (χ0v) is 15.6. The Bertz CT molecular complexity index is 574. The predicted molar refractivity (Wildman–Crippen MR) is 94.4 cm³/mol. The molecule has 0 aromatic carbocycles. The molecule has 2 atom stereocenters. The second kappa shape index (κ2) is 6.92. The van der Waals surface area contributed by atoms with Crippen LogP contribution in [0.5, 0.6) is 0 Å². The fraction of sp³-hybridized carbons (Fsp3) is 0.941. The quantitative estimate of drug-likeness (QED) is 0.780. The third-order valence-corrected chi connectivity index (χ3v) is 7.85. The number of likely N-dealkylation sites (tertiary alicyclic amines) is 1. The topological polar surface area (TPSA) is 83.7 Å². The number of hydrogen-bond acceptors (Lipinski definition) is 5. The lowest BCUT2D eigenvalue weighted by Gasteiger charge is -2.35. The van der Waals surface area contributed by atoms with E-state index in [0.29, 0.717) is 19.5 Å². The second-order valence-electron chi connectivity index (χ2n) is 8.27. The van der Waals surface area contributed by atoms with Crippen molar-refractivity contribution >= 4 is 15.7 Å². The van der Waals surface area contributed by atoms with E-state index in [1.165, 1.54) is 0 Å². The molecule has 7 heteroatoms. The minimum Gasteiger partial charge on any atom is -0.335 e. The maximum atomic E-state index is 13.0. The number of carbonyl (C=O) groups excluding carboxylic acids is 1. The molecule has 0 aromatic rings. The molecule has 0 aromatic heterocycles. The van der Waals surface area contributed by atoms with Crippen LogP contribution in [0.25, 0.3) is 0 Å². The Labute approximate surface area is 145 Å². The lowest BCUT2D eigenvalue weighted by Crippen LogP contribution is -2.50. The SMILES string of the molecule is CC1(CN)CCN(CC(=O)N(C2CCCC2)C2CCS(=O)(=O)C2)C1. The molecule has 2 saturated heterocycles. The van der Waals surface area contributed by atoms with Gasteiger partial charge in [0.05, 0.1) is 18.1 Å². The third kappa shape index (κ3) is 3.94. The Balaban J connectivity index is 1.68. The summed E-state index contributed by atoms with van der Waals surface area (Å²) < 4.78 is 23.8. The Morgan fingerprint density at radius 1 is 1.25 bits per heavy atom. The first kappa shape index (κ1) is 18.1. The van der Waals surface area contributed by atoms with Crippen LogP contribution in [0.1, 0.15) is 45.4 Å². The van der Waals surface area contributed by atoms with Crippen molar-refractivity contribution in [1.82, 2.24) is 9.80 Å². The molecule has 138 valence electrons. The molecule has 0 spiro atoms. The Kier molecular flexibility index (Phi) is 5.23. The van der Waals surface area contributed by atoms with E-state index >= 15 is 0 Å². The summed E-state index contributed by atoms with van der Waals surface area (Å²) in [5, 5.41) is 0. The van der Waals surface area contributed by atoms with Gasteiger partial charge in [0.15, 0.2) is 9.84 Å². The van der Waals surface area contributed by atoms with Crippen LogP contribution in [0, 0.1) is 5.41 Å². The normalized spacial score (nSPS) is 34.0. The molecular weight excluding hydrogens is 326 g/mol. The number of nitrogens with zero attached hydrogens (tertiary/aromatic N) is 2. The van der Waals surface area contributed by atoms with Crippen molar-refractivity contribution in [3.63, 3.8) is 0 Å². The highest BCUT2D eigenvalue weighted by Crippen LogP contribution is 2.31. The van der Waals surface area contributed by atoms with Crippen LogP contribution in [-0.4, -0.2) is 73.9 Å². The average Bonchev–Trinajstić information content (AvgIpc) is 3.22. The van der Waals surface area contributed by atoms with Crippen molar-refractivity contribution in [2.45, 2.75) is 57.5 Å². The summed E-state index contributed by atoms with van der Waals surface area (Å²) in [6.45, 7) is 4.99. The van der Waals surface area contributed by atoms with E-state index in [0.717, 1.165) is 45.2 Å². The van der Waals surface area contributed by atoms with Gasteiger partial charge in [-0.05, 0) is 44.2 Å². The van der Waals surface area contributed by atoms with E-state index in [1.54, 1.807) is 0 Å². The number of sulfone groups is 1. The van der Waals surface area contributed by atoms with Gasteiger partial charge in [0.1, 0.15) is 0 Å². The molecule has 1 aliphatic carbocycles. The zero-order chi connectivity index (χ0) is 17.4. The molecule has 0 bridgehead atoms. The summed E-state index contributed by atoms with van der Waals surface area (Å²) >= 11 is 0. The van der Waals surface area contributed by atoms with Crippen LogP contribution in [-0.2, 0) is 14.6 Å². The molecule has 2 unspecified atom stereocenters. The van der Waals surface area contributed by atoms with Crippen LogP contribution >= 0.6 is 0 Å². The first-order valence-corrected chi connectivity index (χ1v) is 11.1. The predicted octanol–water partition coefficient (Wildman–Crippen LogP) is 0.615. The minimum atomic E-state index is -2.98. The maximum absolute atomic E-state index is 13.0. The molecule has 2 aliphatic heterocycles. The standard InChI is InChI=1S/C17H31N3O3S/c1-17(12-18)7-8-19(13-17)10-16(21)20(14-4-2-3-5-14)15-6-9-24(22,23)11-15/h14-15H,2-13,18H2,1H3. The van der Waals surface area contributed by atoms with Gasteiger partial charge in [-0.2, -0.15) is 0 Å². The van der Waals surface area contributed by atoms with Crippen molar-refractivity contribution in [3.8, 4) is 0 Å². The van der Waals surface area contributed by atoms with E-state index in [1.807, 2.05) is 4.90 Å². The van der Waals surface area contributed by atoms with Crippen LogP contribution in [0.4, 0.5) is 0 Å². The third-order valence-electron chi connectivity index (χ3n) is 6.10. The summed E-state index contributed by atoms with van der Waals surface area (Å²) in [6.07, 6.45) is 5.94. The summed E-state index contributed by atoms with van der Waals surface area (Å²) in [6, 6.07) is 0.119. The lowest BCUT2D eigenvalue weighted by molar-refractivity contribution is -0.136. The fourth-order valence-electron chi connectivity index (χ4n) is 4.58. The van der Waals surface area contributed by atoms with Crippen molar-refractivity contribution in [3.05, 3.63) is 0 Å². The fourth-order valence-corrected chi connectivity index (χ4v) is 6.29. The molecule has 3 aliphatic rings. The van der Waals surface area contributed by atoms with E-state index < -0.39 is 9.84 Å². The lowest BCUT2D eigenvalue weighted by atomic mass is 9.90. The summed E-state index contributed by atoms with van der Waals surface area (Å²) in [5.74, 6) is 0.490. The van der Waals surface area contributed by atoms with Gasteiger partial charge >= 0.3 is 0 Å². The largest absolute Gasteiger partial charge is 0.335 e. The molecule has 1 saturated carbocycles. The minimum absolute atomic E-state index is 0.106. The number of nitrogens with two attached hydrogens (primary N) is 1. The van der Waals surface area contributed by atoms with E-state index in [-0.39, 0.29) is 34.9 Å². The number of carbonyl (C=O) groups is 1. The van der Waals surface area contributed by atoms with Gasteiger partial charge in [0.2, 0.25) is 5.91 Å². The van der Waals surface area contributed by atoms with Gasteiger partial charge in [-0.25, -0.2) is 8.42 Å². The highest BCUT2D eigenvalue weighted by Gasteiger charge is 2.40.